The minimum atomic E-state index is -0.124. The van der Waals surface area contributed by atoms with E-state index in [1.54, 1.807) is 123 Å². The second-order valence-corrected chi connectivity index (χ2v) is 11.7. The highest BCUT2D eigenvalue weighted by molar-refractivity contribution is 6.13. The Morgan fingerprint density at radius 3 is 0.860 bits per heavy atom. The zero-order valence-corrected chi connectivity index (χ0v) is 28.3. The number of rotatable bonds is 10. The lowest BCUT2D eigenvalue weighted by Crippen LogP contribution is -2.06. The van der Waals surface area contributed by atoms with Crippen molar-refractivity contribution in [3.63, 3.8) is 0 Å². The van der Waals surface area contributed by atoms with Crippen molar-refractivity contribution in [1.82, 2.24) is 0 Å². The molecule has 0 atom stereocenters. The van der Waals surface area contributed by atoms with Gasteiger partial charge in [0, 0.05) is 44.5 Å². The van der Waals surface area contributed by atoms with Crippen molar-refractivity contribution in [2.24, 2.45) is 0 Å². The van der Waals surface area contributed by atoms with Crippen LogP contribution < -0.4 is 9.47 Å². The van der Waals surface area contributed by atoms with Crippen molar-refractivity contribution in [3.05, 3.63) is 201 Å². The molecule has 0 aromatic heterocycles. The molecular weight excluding hydrogens is 624 g/mol. The third-order valence-electron chi connectivity index (χ3n) is 8.13. The normalized spacial score (nSPS) is 10.3. The SMILES string of the molecule is COc1ccc(C(=O)c2ccc(C(=O)c3ccc(C)cc3)cc2)cc1.COc1ccc(C(=O)c2cccc(C(=O)c3ccc(C)cc3)c2)cc1. The van der Waals surface area contributed by atoms with E-state index in [4.69, 9.17) is 9.47 Å². The van der Waals surface area contributed by atoms with E-state index in [0.29, 0.717) is 56.0 Å². The zero-order valence-electron chi connectivity index (χ0n) is 28.3. The number of aryl methyl sites for hydroxylation is 2. The van der Waals surface area contributed by atoms with Crippen LogP contribution in [0.3, 0.4) is 0 Å². The van der Waals surface area contributed by atoms with Gasteiger partial charge in [0.1, 0.15) is 11.5 Å². The highest BCUT2D eigenvalue weighted by Crippen LogP contribution is 2.19. The summed E-state index contributed by atoms with van der Waals surface area (Å²) in [4.78, 5) is 50.3. The molecule has 0 bridgehead atoms. The molecule has 0 saturated carbocycles. The number of methoxy groups -OCH3 is 2. The fourth-order valence-corrected chi connectivity index (χ4v) is 5.14. The van der Waals surface area contributed by atoms with Crippen molar-refractivity contribution < 1.29 is 28.7 Å². The molecule has 0 saturated heterocycles. The van der Waals surface area contributed by atoms with Gasteiger partial charge in [-0.25, -0.2) is 0 Å². The van der Waals surface area contributed by atoms with Crippen LogP contribution in [0.2, 0.25) is 0 Å². The van der Waals surface area contributed by atoms with E-state index < -0.39 is 0 Å². The number of ketones is 4. The van der Waals surface area contributed by atoms with Crippen LogP contribution in [-0.4, -0.2) is 37.4 Å². The molecule has 0 spiro atoms. The molecule has 6 heteroatoms. The van der Waals surface area contributed by atoms with E-state index in [1.165, 1.54) is 0 Å². The van der Waals surface area contributed by atoms with Crippen LogP contribution in [0, 0.1) is 13.8 Å². The van der Waals surface area contributed by atoms with Crippen molar-refractivity contribution in [2.75, 3.05) is 14.2 Å². The number of benzene rings is 6. The first kappa shape index (κ1) is 34.9. The quantitative estimate of drug-likeness (QED) is 0.136. The Morgan fingerprint density at radius 2 is 0.580 bits per heavy atom. The third kappa shape index (κ3) is 8.54. The fraction of sp³-hybridized carbons (Fsp3) is 0.0909. The van der Waals surface area contributed by atoms with Gasteiger partial charge in [0.15, 0.2) is 23.1 Å². The summed E-state index contributed by atoms with van der Waals surface area (Å²) in [5.41, 5.74) is 6.70. The molecule has 248 valence electrons. The lowest BCUT2D eigenvalue weighted by atomic mass is 9.97. The number of carbonyl (C=O) groups excluding carboxylic acids is 4. The van der Waals surface area contributed by atoms with E-state index in [0.717, 1.165) is 11.1 Å². The molecule has 0 aliphatic heterocycles. The van der Waals surface area contributed by atoms with Crippen molar-refractivity contribution in [1.29, 1.82) is 0 Å². The predicted molar refractivity (Wildman–Crippen MR) is 195 cm³/mol. The van der Waals surface area contributed by atoms with Gasteiger partial charge in [0.2, 0.25) is 0 Å². The molecule has 0 aliphatic rings. The van der Waals surface area contributed by atoms with Gasteiger partial charge in [-0.1, -0.05) is 102 Å². The Kier molecular flexibility index (Phi) is 11.3. The molecule has 0 fully saturated rings. The summed E-state index contributed by atoms with van der Waals surface area (Å²) in [7, 11) is 3.16. The van der Waals surface area contributed by atoms with Crippen LogP contribution >= 0.6 is 0 Å². The van der Waals surface area contributed by atoms with Gasteiger partial charge in [0.25, 0.3) is 0 Å². The molecule has 0 amide bonds. The van der Waals surface area contributed by atoms with Crippen LogP contribution in [0.5, 0.6) is 11.5 Å². The van der Waals surface area contributed by atoms with Crippen LogP contribution in [0.25, 0.3) is 0 Å². The Labute approximate surface area is 292 Å². The van der Waals surface area contributed by atoms with Gasteiger partial charge >= 0.3 is 0 Å². The van der Waals surface area contributed by atoms with Crippen molar-refractivity contribution >= 4 is 23.1 Å². The monoisotopic (exact) mass is 660 g/mol. The smallest absolute Gasteiger partial charge is 0.193 e. The molecule has 0 aliphatic carbocycles. The van der Waals surface area contributed by atoms with Gasteiger partial charge in [-0.15, -0.1) is 0 Å². The Bertz CT molecular complexity index is 2110. The molecule has 50 heavy (non-hydrogen) atoms. The minimum Gasteiger partial charge on any atom is -0.497 e. The minimum absolute atomic E-state index is 0.0524. The first-order chi connectivity index (χ1) is 24.2. The van der Waals surface area contributed by atoms with Crippen molar-refractivity contribution in [3.8, 4) is 11.5 Å². The summed E-state index contributed by atoms with van der Waals surface area (Å²) < 4.78 is 10.2. The van der Waals surface area contributed by atoms with Gasteiger partial charge in [0.05, 0.1) is 14.2 Å². The molecule has 6 aromatic carbocycles. The highest BCUT2D eigenvalue weighted by atomic mass is 16.5. The average molecular weight is 661 g/mol. The Balaban J connectivity index is 0.000000194. The third-order valence-corrected chi connectivity index (χ3v) is 8.13. The summed E-state index contributed by atoms with van der Waals surface area (Å²) in [5, 5.41) is 0. The maximum atomic E-state index is 12.6. The maximum absolute atomic E-state index is 12.6. The van der Waals surface area contributed by atoms with E-state index in [2.05, 4.69) is 0 Å². The molecule has 0 radical (unpaired) electrons. The standard InChI is InChI=1S/2C22H18O3/c1-15-3-5-16(6-4-15)21(23)17-7-9-18(10-8-17)22(24)19-11-13-20(25-2)14-12-19;1-15-6-8-16(9-7-15)21(23)18-4-3-5-19(14-18)22(24)17-10-12-20(25-2)13-11-17/h2*3-14H,1-2H3. The molecule has 0 unspecified atom stereocenters. The lowest BCUT2D eigenvalue weighted by molar-refractivity contribution is 0.102. The molecule has 6 nitrogen and oxygen atoms in total. The molecule has 0 heterocycles. The average Bonchev–Trinajstić information content (AvgIpc) is 3.18. The van der Waals surface area contributed by atoms with E-state index in [9.17, 15) is 19.2 Å². The maximum Gasteiger partial charge on any atom is 0.193 e. The lowest BCUT2D eigenvalue weighted by Gasteiger charge is -2.06. The highest BCUT2D eigenvalue weighted by Gasteiger charge is 2.15. The Hall–Kier alpha value is -6.40. The largest absolute Gasteiger partial charge is 0.497 e. The molecular formula is C44H36O6. The van der Waals surface area contributed by atoms with E-state index >= 15 is 0 Å². The van der Waals surface area contributed by atoms with Gasteiger partial charge < -0.3 is 9.47 Å². The second-order valence-electron chi connectivity index (χ2n) is 11.7. The van der Waals surface area contributed by atoms with Crippen LogP contribution in [-0.2, 0) is 0 Å². The topological polar surface area (TPSA) is 86.7 Å². The van der Waals surface area contributed by atoms with Gasteiger partial charge in [-0.3, -0.25) is 19.2 Å². The summed E-state index contributed by atoms with van der Waals surface area (Å²) in [5.74, 6) is 1.04. The zero-order chi connectivity index (χ0) is 35.6. The Morgan fingerprint density at radius 1 is 0.340 bits per heavy atom. The van der Waals surface area contributed by atoms with Crippen LogP contribution in [0.15, 0.2) is 146 Å². The number of ether oxygens (including phenoxy) is 2. The second kappa shape index (κ2) is 16.1. The first-order valence-electron chi connectivity index (χ1n) is 16.0. The van der Waals surface area contributed by atoms with Crippen molar-refractivity contribution in [2.45, 2.75) is 13.8 Å². The predicted octanol–water partition coefficient (Wildman–Crippen LogP) is 8.93. The number of carbonyl (C=O) groups is 4. The van der Waals surface area contributed by atoms with E-state index in [-0.39, 0.29) is 23.1 Å². The fourth-order valence-electron chi connectivity index (χ4n) is 5.14. The molecule has 6 aromatic rings. The van der Waals surface area contributed by atoms with Gasteiger partial charge in [-0.2, -0.15) is 0 Å². The van der Waals surface area contributed by atoms with Crippen LogP contribution in [0.1, 0.15) is 74.8 Å². The summed E-state index contributed by atoms with van der Waals surface area (Å²) >= 11 is 0. The summed E-state index contributed by atoms with van der Waals surface area (Å²) in [6.45, 7) is 3.95. The van der Waals surface area contributed by atoms with Crippen LogP contribution in [0.4, 0.5) is 0 Å². The summed E-state index contributed by atoms with van der Waals surface area (Å²) in [6.07, 6.45) is 0. The van der Waals surface area contributed by atoms with Gasteiger partial charge in [-0.05, 0) is 68.4 Å². The first-order valence-corrected chi connectivity index (χ1v) is 16.0. The molecule has 6 rings (SSSR count). The number of hydrogen-bond acceptors (Lipinski definition) is 6. The van der Waals surface area contributed by atoms with E-state index in [1.807, 2.05) is 50.2 Å². The number of hydrogen-bond donors (Lipinski definition) is 0. The summed E-state index contributed by atoms with van der Waals surface area (Å²) in [6, 6.07) is 42.3. The molecule has 0 N–H and O–H groups in total.